The van der Waals surface area contributed by atoms with E-state index < -0.39 is 0 Å². The van der Waals surface area contributed by atoms with Gasteiger partial charge in [-0.15, -0.1) is 11.3 Å². The molecule has 5 heteroatoms. The molecule has 0 aliphatic heterocycles. The fourth-order valence-electron chi connectivity index (χ4n) is 3.82. The predicted molar refractivity (Wildman–Crippen MR) is 111 cm³/mol. The number of H-pyrrole nitrogens is 1. The van der Waals surface area contributed by atoms with Crippen LogP contribution in [0.1, 0.15) is 37.2 Å². The first-order chi connectivity index (χ1) is 13.2. The molecule has 0 amide bonds. The number of rotatable bonds is 5. The first-order valence-corrected chi connectivity index (χ1v) is 10.3. The minimum atomic E-state index is -0.0286. The Morgan fingerprint density at radius 1 is 1.19 bits per heavy atom. The summed E-state index contributed by atoms with van der Waals surface area (Å²) in [5.41, 5.74) is 2.08. The van der Waals surface area contributed by atoms with Gasteiger partial charge in [-0.1, -0.05) is 36.4 Å². The summed E-state index contributed by atoms with van der Waals surface area (Å²) in [4.78, 5) is 22.5. The number of benzene rings is 2. The van der Waals surface area contributed by atoms with Gasteiger partial charge in [-0.2, -0.15) is 0 Å². The second kappa shape index (κ2) is 6.59. The minimum absolute atomic E-state index is 0.0286. The highest BCUT2D eigenvalue weighted by atomic mass is 32.1. The summed E-state index contributed by atoms with van der Waals surface area (Å²) in [6.07, 6.45) is 2.42. The zero-order valence-electron chi connectivity index (χ0n) is 15.2. The van der Waals surface area contributed by atoms with Crippen LogP contribution in [0.3, 0.4) is 0 Å². The molecule has 27 heavy (non-hydrogen) atoms. The van der Waals surface area contributed by atoms with Gasteiger partial charge in [-0.05, 0) is 53.6 Å². The summed E-state index contributed by atoms with van der Waals surface area (Å²) < 4.78 is 0.708. The van der Waals surface area contributed by atoms with Crippen LogP contribution in [0.2, 0.25) is 0 Å². The van der Waals surface area contributed by atoms with Crippen molar-refractivity contribution >= 4 is 32.3 Å². The van der Waals surface area contributed by atoms with Crippen molar-refractivity contribution in [2.75, 3.05) is 0 Å². The van der Waals surface area contributed by atoms with Crippen LogP contribution < -0.4 is 5.56 Å². The Morgan fingerprint density at radius 2 is 2.00 bits per heavy atom. The molecule has 0 saturated heterocycles. The summed E-state index contributed by atoms with van der Waals surface area (Å²) in [6, 6.07) is 17.9. The molecule has 1 saturated carbocycles. The number of aromatic nitrogens is 2. The van der Waals surface area contributed by atoms with Gasteiger partial charge in [0.25, 0.3) is 5.56 Å². The first kappa shape index (κ1) is 16.7. The zero-order chi connectivity index (χ0) is 18.4. The molecule has 4 aromatic rings. The Bertz CT molecular complexity index is 1170. The average Bonchev–Trinajstić information content (AvgIpc) is 3.42. The molecule has 5 rings (SSSR count). The van der Waals surface area contributed by atoms with E-state index in [1.165, 1.54) is 40.5 Å². The number of hydrogen-bond donors (Lipinski definition) is 1. The second-order valence-electron chi connectivity index (χ2n) is 7.33. The maximum atomic E-state index is 12.3. The lowest BCUT2D eigenvalue weighted by atomic mass is 10.0. The van der Waals surface area contributed by atoms with Gasteiger partial charge in [0.2, 0.25) is 0 Å². The molecule has 0 radical (unpaired) electrons. The smallest absolute Gasteiger partial charge is 0.268 e. The van der Waals surface area contributed by atoms with E-state index in [0.717, 1.165) is 11.3 Å². The van der Waals surface area contributed by atoms with Crippen LogP contribution in [-0.4, -0.2) is 20.9 Å². The Hall–Kier alpha value is -2.50. The van der Waals surface area contributed by atoms with E-state index in [9.17, 15) is 4.79 Å². The molecule has 4 nitrogen and oxygen atoms in total. The van der Waals surface area contributed by atoms with E-state index in [1.54, 1.807) is 0 Å². The lowest BCUT2D eigenvalue weighted by Crippen LogP contribution is -2.30. The number of nitrogens with one attached hydrogen (secondary N) is 1. The molecule has 1 fully saturated rings. The van der Waals surface area contributed by atoms with E-state index >= 15 is 0 Å². The van der Waals surface area contributed by atoms with Crippen molar-refractivity contribution in [1.29, 1.82) is 0 Å². The molecule has 1 unspecified atom stereocenters. The molecule has 1 aliphatic rings. The molecule has 136 valence electrons. The van der Waals surface area contributed by atoms with Crippen molar-refractivity contribution < 1.29 is 0 Å². The van der Waals surface area contributed by atoms with Gasteiger partial charge in [0.15, 0.2) is 0 Å². The van der Waals surface area contributed by atoms with Crippen LogP contribution >= 0.6 is 11.3 Å². The third-order valence-corrected chi connectivity index (χ3v) is 6.37. The minimum Gasteiger partial charge on any atom is -0.308 e. The molecule has 0 spiro atoms. The largest absolute Gasteiger partial charge is 0.308 e. The summed E-state index contributed by atoms with van der Waals surface area (Å²) >= 11 is 1.44. The predicted octanol–water partition coefficient (Wildman–Crippen LogP) is 4.86. The number of fused-ring (bicyclic) bond motifs is 2. The molecule has 1 N–H and O–H groups in total. The normalized spacial score (nSPS) is 15.6. The summed E-state index contributed by atoms with van der Waals surface area (Å²) in [5.74, 6) is 0.755. The maximum absolute atomic E-state index is 12.3. The van der Waals surface area contributed by atoms with Crippen molar-refractivity contribution in [3.8, 4) is 0 Å². The van der Waals surface area contributed by atoms with E-state index in [4.69, 9.17) is 0 Å². The second-order valence-corrected chi connectivity index (χ2v) is 8.25. The van der Waals surface area contributed by atoms with Crippen molar-refractivity contribution in [3.63, 3.8) is 0 Å². The molecule has 2 heterocycles. The third kappa shape index (κ3) is 3.17. The average molecular weight is 375 g/mol. The van der Waals surface area contributed by atoms with Gasteiger partial charge in [0.1, 0.15) is 10.5 Å². The van der Waals surface area contributed by atoms with Gasteiger partial charge in [-0.25, -0.2) is 4.98 Å². The lowest BCUT2D eigenvalue weighted by molar-refractivity contribution is 0.186. The monoisotopic (exact) mass is 375 g/mol. The Labute approximate surface area is 161 Å². The lowest BCUT2D eigenvalue weighted by Gasteiger charge is -2.29. The Balaban J connectivity index is 1.48. The molecule has 2 aromatic heterocycles. The Morgan fingerprint density at radius 3 is 2.81 bits per heavy atom. The highest BCUT2D eigenvalue weighted by Gasteiger charge is 2.33. The van der Waals surface area contributed by atoms with Crippen LogP contribution in [0.25, 0.3) is 21.0 Å². The summed E-state index contributed by atoms with van der Waals surface area (Å²) in [6.45, 7) is 2.92. The van der Waals surface area contributed by atoms with E-state index in [-0.39, 0.29) is 11.6 Å². The van der Waals surface area contributed by atoms with Gasteiger partial charge >= 0.3 is 0 Å². The fourth-order valence-corrected chi connectivity index (χ4v) is 4.54. The zero-order valence-corrected chi connectivity index (χ0v) is 16.0. The number of hydrogen-bond acceptors (Lipinski definition) is 4. The van der Waals surface area contributed by atoms with E-state index in [2.05, 4.69) is 64.3 Å². The molecule has 2 aromatic carbocycles. The van der Waals surface area contributed by atoms with Gasteiger partial charge in [0, 0.05) is 12.1 Å². The number of aromatic amines is 1. The van der Waals surface area contributed by atoms with E-state index in [1.807, 2.05) is 11.4 Å². The summed E-state index contributed by atoms with van der Waals surface area (Å²) in [5, 5.41) is 4.46. The van der Waals surface area contributed by atoms with Gasteiger partial charge < -0.3 is 4.98 Å². The number of thiophene rings is 1. The SMILES string of the molecule is CC(c1ccc2ccccc2c1)N(Cc1nc2ccsc2c(=O)[nH]1)C1CC1. The van der Waals surface area contributed by atoms with Crippen LogP contribution in [0.4, 0.5) is 0 Å². The fraction of sp³-hybridized carbons (Fsp3) is 0.273. The van der Waals surface area contributed by atoms with Crippen LogP contribution in [-0.2, 0) is 6.54 Å². The highest BCUT2D eigenvalue weighted by Crippen LogP contribution is 2.36. The summed E-state index contributed by atoms with van der Waals surface area (Å²) in [7, 11) is 0. The van der Waals surface area contributed by atoms with Gasteiger partial charge in [0.05, 0.1) is 12.1 Å². The standard InChI is InChI=1S/C22H21N3OS/c1-14(16-7-6-15-4-2-3-5-17(15)12-16)25(18-8-9-18)13-20-23-19-10-11-27-21(19)22(26)24-20/h2-7,10-12,14,18H,8-9,13H2,1H3,(H,23,24,26). The third-order valence-electron chi connectivity index (χ3n) is 5.47. The van der Waals surface area contributed by atoms with E-state index in [0.29, 0.717) is 17.3 Å². The topological polar surface area (TPSA) is 49.0 Å². The van der Waals surface area contributed by atoms with Crippen molar-refractivity contribution in [2.24, 2.45) is 0 Å². The molecule has 1 aliphatic carbocycles. The maximum Gasteiger partial charge on any atom is 0.268 e. The van der Waals surface area contributed by atoms with Crippen LogP contribution in [0.15, 0.2) is 58.7 Å². The number of nitrogens with zero attached hydrogens (tertiary/aromatic N) is 2. The molecule has 1 atom stereocenters. The van der Waals surface area contributed by atoms with Crippen molar-refractivity contribution in [2.45, 2.75) is 38.4 Å². The molecular weight excluding hydrogens is 354 g/mol. The quantitative estimate of drug-likeness (QED) is 0.542. The van der Waals surface area contributed by atoms with Gasteiger partial charge in [-0.3, -0.25) is 9.69 Å². The molecule has 0 bridgehead atoms. The van der Waals surface area contributed by atoms with Crippen molar-refractivity contribution in [1.82, 2.24) is 14.9 Å². The van der Waals surface area contributed by atoms with Crippen molar-refractivity contribution in [3.05, 3.63) is 75.7 Å². The first-order valence-electron chi connectivity index (χ1n) is 9.40. The van der Waals surface area contributed by atoms with Crippen LogP contribution in [0.5, 0.6) is 0 Å². The molecular formula is C22H21N3OS. The highest BCUT2D eigenvalue weighted by molar-refractivity contribution is 7.17. The van der Waals surface area contributed by atoms with Crippen LogP contribution in [0, 0.1) is 0 Å². The Kier molecular flexibility index (Phi) is 4.06.